The van der Waals surface area contributed by atoms with Crippen LogP contribution in [-0.2, 0) is 19.1 Å². The molecular weight excluding hydrogens is 272 g/mol. The molecule has 1 atom stereocenters. The van der Waals surface area contributed by atoms with Gasteiger partial charge in [-0.2, -0.15) is 0 Å². The van der Waals surface area contributed by atoms with Crippen molar-refractivity contribution in [1.82, 2.24) is 0 Å². The Hall–Kier alpha value is -2.43. The molecule has 110 valence electrons. The Labute approximate surface area is 122 Å². The molecular formula is C16H16O5. The minimum atomic E-state index is -0.654. The molecule has 0 aromatic heterocycles. The van der Waals surface area contributed by atoms with Gasteiger partial charge in [0.05, 0.1) is 0 Å². The molecule has 1 aliphatic rings. The van der Waals surface area contributed by atoms with Crippen molar-refractivity contribution < 1.29 is 24.2 Å². The number of hydrogen-bond donors (Lipinski definition) is 1. The van der Waals surface area contributed by atoms with Crippen LogP contribution in [0, 0.1) is 0 Å². The molecule has 0 bridgehead atoms. The fourth-order valence-corrected chi connectivity index (χ4v) is 2.41. The molecule has 2 rings (SSSR count). The smallest absolute Gasteiger partial charge is 0.303 e. The summed E-state index contributed by atoms with van der Waals surface area (Å²) in [4.78, 5) is 34.6. The molecule has 5 heteroatoms. The first kappa shape index (κ1) is 15.0. The molecule has 0 saturated heterocycles. The van der Waals surface area contributed by atoms with Crippen LogP contribution >= 0.6 is 0 Å². The van der Waals surface area contributed by atoms with E-state index in [2.05, 4.69) is 4.74 Å². The zero-order valence-electron chi connectivity index (χ0n) is 11.7. The highest BCUT2D eigenvalue weighted by molar-refractivity contribution is 6.21. The Kier molecular flexibility index (Phi) is 4.52. The largest absolute Gasteiger partial charge is 0.511 e. The average molecular weight is 288 g/mol. The average Bonchev–Trinajstić information content (AvgIpc) is 2.45. The van der Waals surface area contributed by atoms with E-state index >= 15 is 0 Å². The monoisotopic (exact) mass is 288 g/mol. The van der Waals surface area contributed by atoms with Gasteiger partial charge in [0.2, 0.25) is 5.78 Å². The summed E-state index contributed by atoms with van der Waals surface area (Å²) in [5.74, 6) is -2.03. The zero-order valence-corrected chi connectivity index (χ0v) is 11.7. The fraction of sp³-hybridized carbons (Fsp3) is 0.312. The summed E-state index contributed by atoms with van der Waals surface area (Å²) in [5.41, 5.74) is 0.715. The molecule has 0 amide bonds. The lowest BCUT2D eigenvalue weighted by Crippen LogP contribution is -2.26. The van der Waals surface area contributed by atoms with Crippen LogP contribution < -0.4 is 0 Å². The van der Waals surface area contributed by atoms with E-state index in [-0.39, 0.29) is 30.1 Å². The van der Waals surface area contributed by atoms with Gasteiger partial charge in [-0.15, -0.1) is 0 Å². The standard InChI is InChI=1S/C16H16O5/c1-10(17)21-9-15(20)16-13(18)7-12(8-14(16)19)11-5-3-2-4-6-11/h2-6,12,18H,7-9H2,1H3. The summed E-state index contributed by atoms with van der Waals surface area (Å²) in [7, 11) is 0. The third-order valence-corrected chi connectivity index (χ3v) is 3.40. The second-order valence-electron chi connectivity index (χ2n) is 4.96. The van der Waals surface area contributed by atoms with Crippen molar-refractivity contribution in [2.75, 3.05) is 6.61 Å². The molecule has 0 aliphatic heterocycles. The van der Waals surface area contributed by atoms with Gasteiger partial charge in [-0.3, -0.25) is 14.4 Å². The van der Waals surface area contributed by atoms with Crippen molar-refractivity contribution in [1.29, 1.82) is 0 Å². The van der Waals surface area contributed by atoms with Crippen LogP contribution in [0.1, 0.15) is 31.2 Å². The van der Waals surface area contributed by atoms with Gasteiger partial charge in [-0.1, -0.05) is 30.3 Å². The predicted molar refractivity (Wildman–Crippen MR) is 74.7 cm³/mol. The molecule has 1 aromatic rings. The second kappa shape index (κ2) is 6.35. The topological polar surface area (TPSA) is 80.7 Å². The van der Waals surface area contributed by atoms with Gasteiger partial charge >= 0.3 is 5.97 Å². The molecule has 5 nitrogen and oxygen atoms in total. The first-order valence-corrected chi connectivity index (χ1v) is 6.66. The first-order valence-electron chi connectivity index (χ1n) is 6.66. The van der Waals surface area contributed by atoms with Crippen LogP contribution in [0.4, 0.5) is 0 Å². The number of ketones is 2. The van der Waals surface area contributed by atoms with E-state index in [1.165, 1.54) is 6.92 Å². The van der Waals surface area contributed by atoms with Crippen LogP contribution in [0.2, 0.25) is 0 Å². The molecule has 1 unspecified atom stereocenters. The van der Waals surface area contributed by atoms with Crippen molar-refractivity contribution >= 4 is 17.5 Å². The number of benzene rings is 1. The van der Waals surface area contributed by atoms with Gasteiger partial charge in [-0.25, -0.2) is 0 Å². The molecule has 0 saturated carbocycles. The summed E-state index contributed by atoms with van der Waals surface area (Å²) in [6, 6.07) is 9.37. The third-order valence-electron chi connectivity index (χ3n) is 3.40. The third kappa shape index (κ3) is 3.56. The minimum absolute atomic E-state index is 0.135. The summed E-state index contributed by atoms with van der Waals surface area (Å²) < 4.78 is 4.58. The maximum Gasteiger partial charge on any atom is 0.303 e. The highest BCUT2D eigenvalue weighted by Crippen LogP contribution is 2.33. The van der Waals surface area contributed by atoms with E-state index in [1.54, 1.807) is 0 Å². The lowest BCUT2D eigenvalue weighted by Gasteiger charge is -2.23. The molecule has 1 aromatic carbocycles. The van der Waals surface area contributed by atoms with Crippen LogP contribution in [0.15, 0.2) is 41.7 Å². The molecule has 0 spiro atoms. The number of Topliss-reactive ketones (excluding diaryl/α,β-unsaturated/α-hetero) is 2. The first-order chi connectivity index (χ1) is 9.99. The van der Waals surface area contributed by atoms with Crippen LogP contribution in [-0.4, -0.2) is 29.2 Å². The Morgan fingerprint density at radius 3 is 2.48 bits per heavy atom. The highest BCUT2D eigenvalue weighted by Gasteiger charge is 2.32. The second-order valence-corrected chi connectivity index (χ2v) is 4.96. The van der Waals surface area contributed by atoms with E-state index in [1.807, 2.05) is 30.3 Å². The molecule has 0 heterocycles. The lowest BCUT2D eigenvalue weighted by molar-refractivity contribution is -0.145. The Bertz CT molecular complexity index is 600. The molecule has 21 heavy (non-hydrogen) atoms. The van der Waals surface area contributed by atoms with Crippen LogP contribution in [0.25, 0.3) is 0 Å². The van der Waals surface area contributed by atoms with E-state index in [9.17, 15) is 19.5 Å². The molecule has 0 fully saturated rings. The summed E-state index contributed by atoms with van der Waals surface area (Å²) in [6.45, 7) is 0.659. The van der Waals surface area contributed by atoms with Gasteiger partial charge in [-0.05, 0) is 11.5 Å². The molecule has 1 aliphatic carbocycles. The Morgan fingerprint density at radius 1 is 1.24 bits per heavy atom. The van der Waals surface area contributed by atoms with Gasteiger partial charge in [0.1, 0.15) is 11.3 Å². The maximum absolute atomic E-state index is 12.1. The molecule has 0 radical (unpaired) electrons. The van der Waals surface area contributed by atoms with Crippen LogP contribution in [0.5, 0.6) is 0 Å². The van der Waals surface area contributed by atoms with E-state index in [0.29, 0.717) is 0 Å². The van der Waals surface area contributed by atoms with Gasteiger partial charge in [0, 0.05) is 19.8 Å². The number of esters is 1. The number of aliphatic hydroxyl groups is 1. The predicted octanol–water partition coefficient (Wildman–Crippen LogP) is 2.08. The number of allylic oxidation sites excluding steroid dienone is 1. The van der Waals surface area contributed by atoms with Crippen molar-refractivity contribution in [3.63, 3.8) is 0 Å². The number of rotatable bonds is 4. The normalized spacial score (nSPS) is 18.5. The van der Waals surface area contributed by atoms with Crippen molar-refractivity contribution in [3.05, 3.63) is 47.2 Å². The van der Waals surface area contributed by atoms with E-state index in [0.717, 1.165) is 5.56 Å². The highest BCUT2D eigenvalue weighted by atomic mass is 16.5. The molecule has 1 N–H and O–H groups in total. The Morgan fingerprint density at radius 2 is 1.90 bits per heavy atom. The zero-order chi connectivity index (χ0) is 15.4. The van der Waals surface area contributed by atoms with Gasteiger partial charge < -0.3 is 9.84 Å². The van der Waals surface area contributed by atoms with E-state index < -0.39 is 24.1 Å². The van der Waals surface area contributed by atoms with Gasteiger partial charge in [0.15, 0.2) is 12.4 Å². The lowest BCUT2D eigenvalue weighted by atomic mass is 9.81. The quantitative estimate of drug-likeness (QED) is 0.677. The van der Waals surface area contributed by atoms with Crippen LogP contribution in [0.3, 0.4) is 0 Å². The summed E-state index contributed by atoms with van der Waals surface area (Å²) in [5, 5.41) is 10.0. The van der Waals surface area contributed by atoms with Gasteiger partial charge in [0.25, 0.3) is 0 Å². The number of ether oxygens (including phenoxy) is 1. The van der Waals surface area contributed by atoms with Crippen molar-refractivity contribution in [3.8, 4) is 0 Å². The summed E-state index contributed by atoms with van der Waals surface area (Å²) in [6.07, 6.45) is 0.395. The number of hydrogen-bond acceptors (Lipinski definition) is 5. The number of carbonyl (C=O) groups is 3. The number of carbonyl (C=O) groups excluding carboxylic acids is 3. The Balaban J connectivity index is 2.16. The van der Waals surface area contributed by atoms with Crippen molar-refractivity contribution in [2.45, 2.75) is 25.7 Å². The SMILES string of the molecule is CC(=O)OCC(=O)C1=C(O)CC(c2ccccc2)CC1=O. The van der Waals surface area contributed by atoms with E-state index in [4.69, 9.17) is 0 Å². The fourth-order valence-electron chi connectivity index (χ4n) is 2.41. The number of aliphatic hydroxyl groups excluding tert-OH is 1. The van der Waals surface area contributed by atoms with Crippen molar-refractivity contribution in [2.24, 2.45) is 0 Å². The minimum Gasteiger partial charge on any atom is -0.511 e. The maximum atomic E-state index is 12.1. The summed E-state index contributed by atoms with van der Waals surface area (Å²) >= 11 is 0.